The molecule has 2 unspecified atom stereocenters. The molecule has 2 aromatic rings. The van der Waals surface area contributed by atoms with Crippen molar-refractivity contribution in [1.29, 1.82) is 0 Å². The van der Waals surface area contributed by atoms with E-state index in [9.17, 15) is 18.0 Å². The molecule has 182 valence electrons. The van der Waals surface area contributed by atoms with Crippen LogP contribution in [0.25, 0.3) is 0 Å². The van der Waals surface area contributed by atoms with Crippen molar-refractivity contribution in [3.63, 3.8) is 0 Å². The van der Waals surface area contributed by atoms with E-state index < -0.39 is 10.0 Å². The molecule has 2 aromatic carbocycles. The van der Waals surface area contributed by atoms with Crippen molar-refractivity contribution >= 4 is 21.8 Å². The SMILES string of the molecule is C=CC(=O)NC1C(C)CN(S(=O)(=O)c2ccc(C(=O)NCc3cc(C)cc(C)c3)cc2)CC1C. The van der Waals surface area contributed by atoms with Crippen LogP contribution in [0.4, 0.5) is 0 Å². The van der Waals surface area contributed by atoms with Crippen molar-refractivity contribution in [3.05, 3.63) is 77.4 Å². The third-order valence-corrected chi connectivity index (χ3v) is 8.04. The number of nitrogens with zero attached hydrogens (tertiary/aromatic N) is 1. The summed E-state index contributed by atoms with van der Waals surface area (Å²) >= 11 is 0. The van der Waals surface area contributed by atoms with E-state index in [1.165, 1.54) is 34.6 Å². The summed E-state index contributed by atoms with van der Waals surface area (Å²) in [5, 5.41) is 5.79. The second kappa shape index (κ2) is 10.5. The third kappa shape index (κ3) is 5.93. The molecule has 0 aliphatic carbocycles. The maximum Gasteiger partial charge on any atom is 0.251 e. The third-order valence-electron chi connectivity index (χ3n) is 6.19. The predicted molar refractivity (Wildman–Crippen MR) is 133 cm³/mol. The maximum atomic E-state index is 13.2. The van der Waals surface area contributed by atoms with Crippen LogP contribution in [0.15, 0.2) is 60.0 Å². The van der Waals surface area contributed by atoms with Crippen molar-refractivity contribution in [2.75, 3.05) is 13.1 Å². The quantitative estimate of drug-likeness (QED) is 0.592. The normalized spacial score (nSPS) is 21.0. The lowest BCUT2D eigenvalue weighted by molar-refractivity contribution is -0.118. The van der Waals surface area contributed by atoms with Gasteiger partial charge in [0.05, 0.1) is 4.90 Å². The molecule has 1 aliphatic heterocycles. The molecule has 1 aliphatic rings. The van der Waals surface area contributed by atoms with E-state index in [0.29, 0.717) is 25.2 Å². The van der Waals surface area contributed by atoms with E-state index in [0.717, 1.165) is 16.7 Å². The Kier molecular flexibility index (Phi) is 7.94. The van der Waals surface area contributed by atoms with E-state index in [1.807, 2.05) is 39.8 Å². The average molecular weight is 484 g/mol. The van der Waals surface area contributed by atoms with Crippen molar-refractivity contribution in [2.24, 2.45) is 11.8 Å². The summed E-state index contributed by atoms with van der Waals surface area (Å²) < 4.78 is 27.9. The van der Waals surface area contributed by atoms with Gasteiger partial charge in [0, 0.05) is 31.2 Å². The zero-order valence-corrected chi connectivity index (χ0v) is 21.0. The molecule has 0 saturated carbocycles. The Bertz CT molecular complexity index is 1140. The standard InChI is InChI=1S/C26H33N3O4S/c1-6-24(30)28-25-19(4)15-29(16-20(25)5)34(32,33)23-9-7-22(8-10-23)26(31)27-14-21-12-17(2)11-18(3)13-21/h6-13,19-20,25H,1,14-16H2,2-5H3,(H,27,31)(H,28,30). The Morgan fingerprint density at radius 3 is 2.12 bits per heavy atom. The van der Waals surface area contributed by atoms with Crippen LogP contribution in [-0.4, -0.2) is 43.7 Å². The van der Waals surface area contributed by atoms with Gasteiger partial charge in [0.2, 0.25) is 15.9 Å². The molecule has 2 amide bonds. The van der Waals surface area contributed by atoms with Gasteiger partial charge in [-0.05, 0) is 61.6 Å². The van der Waals surface area contributed by atoms with Crippen LogP contribution < -0.4 is 10.6 Å². The average Bonchev–Trinajstić information content (AvgIpc) is 2.79. The van der Waals surface area contributed by atoms with Crippen molar-refractivity contribution in [2.45, 2.75) is 45.2 Å². The Balaban J connectivity index is 1.66. The molecule has 1 fully saturated rings. The molecule has 2 N–H and O–H groups in total. The Morgan fingerprint density at radius 1 is 1.03 bits per heavy atom. The Hall–Kier alpha value is -2.97. The molecule has 0 radical (unpaired) electrons. The van der Waals surface area contributed by atoms with Crippen LogP contribution in [0.5, 0.6) is 0 Å². The first-order chi connectivity index (χ1) is 16.0. The monoisotopic (exact) mass is 483 g/mol. The molecule has 1 heterocycles. The number of nitrogens with one attached hydrogen (secondary N) is 2. The number of carbonyl (C=O) groups is 2. The summed E-state index contributed by atoms with van der Waals surface area (Å²) in [4.78, 5) is 24.4. The minimum Gasteiger partial charge on any atom is -0.349 e. The lowest BCUT2D eigenvalue weighted by Gasteiger charge is -2.40. The Morgan fingerprint density at radius 2 is 1.59 bits per heavy atom. The molecule has 0 spiro atoms. The van der Waals surface area contributed by atoms with E-state index in [-0.39, 0.29) is 34.6 Å². The number of rotatable bonds is 7. The zero-order chi connectivity index (χ0) is 25.0. The van der Waals surface area contributed by atoms with Gasteiger partial charge in [-0.15, -0.1) is 0 Å². The highest BCUT2D eigenvalue weighted by Gasteiger charge is 2.38. The highest BCUT2D eigenvalue weighted by Crippen LogP contribution is 2.27. The van der Waals surface area contributed by atoms with Crippen LogP contribution in [-0.2, 0) is 21.4 Å². The van der Waals surface area contributed by atoms with Crippen molar-refractivity contribution in [3.8, 4) is 0 Å². The summed E-state index contributed by atoms with van der Waals surface area (Å²) in [5.41, 5.74) is 3.68. The number of hydrogen-bond acceptors (Lipinski definition) is 4. The lowest BCUT2D eigenvalue weighted by Crippen LogP contribution is -2.55. The minimum absolute atomic E-state index is 0.0577. The van der Waals surface area contributed by atoms with E-state index in [2.05, 4.69) is 23.3 Å². The van der Waals surface area contributed by atoms with E-state index >= 15 is 0 Å². The van der Waals surface area contributed by atoms with Crippen LogP contribution in [0.3, 0.4) is 0 Å². The highest BCUT2D eigenvalue weighted by molar-refractivity contribution is 7.89. The smallest absolute Gasteiger partial charge is 0.251 e. The fourth-order valence-corrected chi connectivity index (χ4v) is 6.23. The molecule has 2 atom stereocenters. The molecular weight excluding hydrogens is 450 g/mol. The van der Waals surface area contributed by atoms with Crippen LogP contribution in [0.2, 0.25) is 0 Å². The number of benzene rings is 2. The number of carbonyl (C=O) groups excluding carboxylic acids is 2. The fraction of sp³-hybridized carbons (Fsp3) is 0.385. The maximum absolute atomic E-state index is 13.2. The number of sulfonamides is 1. The molecule has 3 rings (SSSR count). The van der Waals surface area contributed by atoms with Crippen LogP contribution in [0, 0.1) is 25.7 Å². The van der Waals surface area contributed by atoms with Gasteiger partial charge >= 0.3 is 0 Å². The second-order valence-corrected chi connectivity index (χ2v) is 11.2. The van der Waals surface area contributed by atoms with Gasteiger partial charge in [-0.25, -0.2) is 8.42 Å². The fourth-order valence-electron chi connectivity index (χ4n) is 4.59. The second-order valence-electron chi connectivity index (χ2n) is 9.22. The number of aryl methyl sites for hydroxylation is 2. The highest BCUT2D eigenvalue weighted by atomic mass is 32.2. The van der Waals surface area contributed by atoms with Crippen molar-refractivity contribution < 1.29 is 18.0 Å². The summed E-state index contributed by atoms with van der Waals surface area (Å²) in [7, 11) is -3.72. The minimum atomic E-state index is -3.72. The van der Waals surface area contributed by atoms with E-state index in [1.54, 1.807) is 0 Å². The predicted octanol–water partition coefficient (Wildman–Crippen LogP) is 3.18. The Labute approximate surface area is 202 Å². The van der Waals surface area contributed by atoms with Crippen LogP contribution >= 0.6 is 0 Å². The largest absolute Gasteiger partial charge is 0.349 e. The molecule has 34 heavy (non-hydrogen) atoms. The van der Waals surface area contributed by atoms with Gasteiger partial charge in [0.1, 0.15) is 0 Å². The van der Waals surface area contributed by atoms with Gasteiger partial charge in [0.15, 0.2) is 0 Å². The molecule has 7 nitrogen and oxygen atoms in total. The molecule has 0 aromatic heterocycles. The molecule has 8 heteroatoms. The topological polar surface area (TPSA) is 95.6 Å². The number of piperidine rings is 1. The summed E-state index contributed by atoms with van der Waals surface area (Å²) in [5.74, 6) is -0.633. The molecular formula is C26H33N3O4S. The van der Waals surface area contributed by atoms with Gasteiger partial charge < -0.3 is 10.6 Å². The molecule has 1 saturated heterocycles. The molecule has 0 bridgehead atoms. The first-order valence-electron chi connectivity index (χ1n) is 11.4. The van der Waals surface area contributed by atoms with Gasteiger partial charge in [0.25, 0.3) is 5.91 Å². The summed E-state index contributed by atoms with van der Waals surface area (Å²) in [6, 6.07) is 12.0. The first kappa shape index (κ1) is 25.6. The van der Waals surface area contributed by atoms with Gasteiger partial charge in [-0.1, -0.05) is 49.8 Å². The van der Waals surface area contributed by atoms with E-state index in [4.69, 9.17) is 0 Å². The van der Waals surface area contributed by atoms with Crippen LogP contribution in [0.1, 0.15) is 40.9 Å². The lowest BCUT2D eigenvalue weighted by atomic mass is 9.87. The van der Waals surface area contributed by atoms with Gasteiger partial charge in [-0.2, -0.15) is 4.31 Å². The number of hydrogen-bond donors (Lipinski definition) is 2. The number of amides is 2. The van der Waals surface area contributed by atoms with Crippen molar-refractivity contribution in [1.82, 2.24) is 14.9 Å². The zero-order valence-electron chi connectivity index (χ0n) is 20.2. The van der Waals surface area contributed by atoms with Gasteiger partial charge in [-0.3, -0.25) is 9.59 Å². The summed E-state index contributed by atoms with van der Waals surface area (Å²) in [6.45, 7) is 12.3. The first-order valence-corrected chi connectivity index (χ1v) is 12.8. The summed E-state index contributed by atoms with van der Waals surface area (Å²) in [6.07, 6.45) is 1.22.